The molecule has 7 heteroatoms. The molecule has 1 heterocycles. The summed E-state index contributed by atoms with van der Waals surface area (Å²) >= 11 is 0. The summed E-state index contributed by atoms with van der Waals surface area (Å²) in [5.74, 6) is 0.205. The molecule has 0 spiro atoms. The van der Waals surface area contributed by atoms with E-state index in [0.29, 0.717) is 18.0 Å². The zero-order valence-corrected chi connectivity index (χ0v) is 22.6. The molecule has 0 radical (unpaired) electrons. The molecule has 1 saturated carbocycles. The van der Waals surface area contributed by atoms with Gasteiger partial charge in [-0.1, -0.05) is 74.5 Å². The van der Waals surface area contributed by atoms with Crippen molar-refractivity contribution in [3.63, 3.8) is 0 Å². The van der Waals surface area contributed by atoms with Gasteiger partial charge in [0.25, 0.3) is 5.69 Å². The number of quaternary nitrogens is 1. The Morgan fingerprint density at radius 3 is 2.16 bits per heavy atom. The van der Waals surface area contributed by atoms with Crippen LogP contribution in [0.15, 0.2) is 105 Å². The lowest BCUT2D eigenvalue weighted by molar-refractivity contribution is 0.340. The number of benzene rings is 3. The molecule has 0 bridgehead atoms. The van der Waals surface area contributed by atoms with Crippen molar-refractivity contribution in [1.82, 2.24) is 3.89 Å². The monoisotopic (exact) mass is 530 g/mol. The number of aromatic hydroxyl groups is 1. The molecule has 1 unspecified atom stereocenters. The molecule has 4 aromatic rings. The van der Waals surface area contributed by atoms with E-state index in [4.69, 9.17) is 4.42 Å². The minimum absolute atomic E-state index is 0.0838. The lowest BCUT2D eigenvalue weighted by atomic mass is 9.83. The molecule has 0 aliphatic heterocycles. The first-order valence-electron chi connectivity index (χ1n) is 12.7. The fourth-order valence-corrected chi connectivity index (χ4v) is 6.82. The van der Waals surface area contributed by atoms with Gasteiger partial charge in [0, 0.05) is 23.6 Å². The highest BCUT2D eigenvalue weighted by atomic mass is 32.2. The van der Waals surface area contributed by atoms with Crippen LogP contribution in [0.25, 0.3) is 0 Å². The molecule has 196 valence electrons. The Bertz CT molecular complexity index is 1620. The molecule has 0 saturated heterocycles. The molecule has 6 nitrogen and oxygen atoms in total. The number of hydrogen-bond acceptors (Lipinski definition) is 5. The third-order valence-corrected chi connectivity index (χ3v) is 9.63. The van der Waals surface area contributed by atoms with Crippen molar-refractivity contribution in [3.8, 4) is 5.75 Å². The van der Waals surface area contributed by atoms with Crippen molar-refractivity contribution in [3.05, 3.63) is 118 Å². The second-order valence-electron chi connectivity index (χ2n) is 10.8. The lowest BCUT2D eigenvalue weighted by Gasteiger charge is -2.32. The largest absolute Gasteiger partial charge is 0.502 e. The molecule has 0 amide bonds. The van der Waals surface area contributed by atoms with E-state index in [9.17, 15) is 18.3 Å². The van der Waals surface area contributed by atoms with Gasteiger partial charge in [-0.3, -0.25) is 0 Å². The Morgan fingerprint density at radius 1 is 0.921 bits per heavy atom. The van der Waals surface area contributed by atoms with Crippen LogP contribution in [0.2, 0.25) is 0 Å². The van der Waals surface area contributed by atoms with Crippen LogP contribution in [0.5, 0.6) is 5.75 Å². The van der Waals surface area contributed by atoms with Crippen molar-refractivity contribution in [1.29, 1.82) is 0 Å². The molecular formula is C31H32NO5S+. The van der Waals surface area contributed by atoms with Crippen LogP contribution in [0.3, 0.4) is 0 Å². The van der Waals surface area contributed by atoms with Crippen molar-refractivity contribution in [2.75, 3.05) is 7.05 Å². The number of para-hydroxylation sites is 1. The van der Waals surface area contributed by atoms with Gasteiger partial charge in [-0.2, -0.15) is 8.42 Å². The Morgan fingerprint density at radius 2 is 1.55 bits per heavy atom. The third kappa shape index (κ3) is 4.57. The fraction of sp³-hybridized carbons (Fsp3) is 0.258. The third-order valence-electron chi connectivity index (χ3n) is 7.42. The highest BCUT2D eigenvalue weighted by Gasteiger charge is 2.49. The average Bonchev–Trinajstić information content (AvgIpc) is 3.75. The lowest BCUT2D eigenvalue weighted by Crippen LogP contribution is -2.48. The summed E-state index contributed by atoms with van der Waals surface area (Å²) in [5.41, 5.74) is 0.432. The smallest absolute Gasteiger partial charge is 0.403 e. The van der Waals surface area contributed by atoms with E-state index < -0.39 is 30.7 Å². The zero-order valence-electron chi connectivity index (χ0n) is 21.8. The number of hydrogen-bond donors (Lipinski definition) is 1. The predicted molar refractivity (Wildman–Crippen MR) is 149 cm³/mol. The van der Waals surface area contributed by atoms with Gasteiger partial charge in [0.15, 0.2) is 11.4 Å². The van der Waals surface area contributed by atoms with Crippen molar-refractivity contribution < 1.29 is 17.9 Å². The van der Waals surface area contributed by atoms with Crippen molar-refractivity contribution in [2.45, 2.75) is 49.3 Å². The zero-order chi connectivity index (χ0) is 27.1. The predicted octanol–water partition coefficient (Wildman–Crippen LogP) is 6.40. The maximum atomic E-state index is 14.4. The summed E-state index contributed by atoms with van der Waals surface area (Å²) in [6.07, 6.45) is 2.62. The highest BCUT2D eigenvalue weighted by Crippen LogP contribution is 2.45. The molecule has 38 heavy (non-hydrogen) atoms. The molecule has 3 aromatic carbocycles. The first-order chi connectivity index (χ1) is 18.0. The van der Waals surface area contributed by atoms with E-state index in [2.05, 4.69) is 0 Å². The summed E-state index contributed by atoms with van der Waals surface area (Å²) in [4.78, 5) is 13.7. The first-order valence-corrected chi connectivity index (χ1v) is 14.2. The van der Waals surface area contributed by atoms with Gasteiger partial charge in [0.1, 0.15) is 10.7 Å². The molecule has 1 aromatic heterocycles. The Kier molecular flexibility index (Phi) is 6.53. The Balaban J connectivity index is 1.67. The average molecular weight is 531 g/mol. The number of nitrogens with zero attached hydrogens (tertiary/aromatic N) is 1. The Labute approximate surface area is 223 Å². The van der Waals surface area contributed by atoms with Crippen LogP contribution in [-0.2, 0) is 21.9 Å². The summed E-state index contributed by atoms with van der Waals surface area (Å²) in [6, 6.07) is 26.5. The van der Waals surface area contributed by atoms with Gasteiger partial charge in [0.2, 0.25) is 0 Å². The van der Waals surface area contributed by atoms with Crippen molar-refractivity contribution in [2.24, 2.45) is 0 Å². The second kappa shape index (κ2) is 9.57. The molecule has 5 rings (SSSR count). The van der Waals surface area contributed by atoms with Gasteiger partial charge in [0.05, 0.1) is 7.05 Å². The van der Waals surface area contributed by atoms with Crippen LogP contribution in [0, 0.1) is 0 Å². The summed E-state index contributed by atoms with van der Waals surface area (Å²) < 4.78 is 33.6. The van der Waals surface area contributed by atoms with E-state index in [-0.39, 0.29) is 16.3 Å². The number of rotatable bonds is 8. The second-order valence-corrected chi connectivity index (χ2v) is 12.9. The number of sulfonamides is 1. The van der Waals surface area contributed by atoms with E-state index in [1.165, 1.54) is 19.2 Å². The van der Waals surface area contributed by atoms with Gasteiger partial charge >= 0.3 is 15.6 Å². The molecule has 1 N–H and O–H groups in total. The highest BCUT2D eigenvalue weighted by molar-refractivity contribution is 7.91. The summed E-state index contributed by atoms with van der Waals surface area (Å²) in [5, 5.41) is 11.3. The van der Waals surface area contributed by atoms with E-state index in [1.807, 2.05) is 50.2 Å². The van der Waals surface area contributed by atoms with Crippen LogP contribution < -0.4 is 9.51 Å². The standard InChI is InChI=1S/C31H31NO5S/c1-31(2,21-22-11-6-4-7-12-22)28-20-27(33)29(30(34)37-28)32(3,25-14-8-5-9-15-25)38(35,36)26-16-10-13-24(19-26)23-17-18-23/h4-16,19-20,23H,17-18,21H2,1-3H3/p+1. The van der Waals surface area contributed by atoms with Crippen LogP contribution >= 0.6 is 0 Å². The normalized spacial score (nSPS) is 15.7. The minimum Gasteiger partial charge on any atom is -0.502 e. The van der Waals surface area contributed by atoms with Gasteiger partial charge < -0.3 is 9.52 Å². The molecule has 1 fully saturated rings. The summed E-state index contributed by atoms with van der Waals surface area (Å²) in [7, 11) is -2.85. The minimum atomic E-state index is -4.26. The van der Waals surface area contributed by atoms with Gasteiger partial charge in [-0.05, 0) is 48.4 Å². The SMILES string of the molecule is CC(C)(Cc1ccccc1)c1cc(O)c([N+](C)(c2ccccc2)S(=O)(=O)c2cccc(C3CC3)c2)c(=O)o1. The fourth-order valence-electron chi connectivity index (χ4n) is 5.05. The molecule has 1 aliphatic carbocycles. The molecule has 1 atom stereocenters. The maximum absolute atomic E-state index is 14.4. The molecule has 1 aliphatic rings. The van der Waals surface area contributed by atoms with E-state index >= 15 is 0 Å². The van der Waals surface area contributed by atoms with E-state index in [1.54, 1.807) is 42.5 Å². The van der Waals surface area contributed by atoms with Crippen LogP contribution in [0.4, 0.5) is 11.4 Å². The molecular weight excluding hydrogens is 498 g/mol. The van der Waals surface area contributed by atoms with Gasteiger partial charge in [-0.25, -0.2) is 4.79 Å². The van der Waals surface area contributed by atoms with Crippen LogP contribution in [0.1, 0.15) is 49.5 Å². The first kappa shape index (κ1) is 25.9. The maximum Gasteiger partial charge on any atom is 0.403 e. The topological polar surface area (TPSA) is 84.6 Å². The van der Waals surface area contributed by atoms with Crippen molar-refractivity contribution >= 4 is 21.4 Å². The van der Waals surface area contributed by atoms with E-state index in [0.717, 1.165) is 24.0 Å². The quantitative estimate of drug-likeness (QED) is 0.267. The van der Waals surface area contributed by atoms with Gasteiger partial charge in [-0.15, -0.1) is 3.89 Å². The summed E-state index contributed by atoms with van der Waals surface area (Å²) in [6.45, 7) is 3.84. The Hall–Kier alpha value is -3.68. The van der Waals surface area contributed by atoms with Crippen LogP contribution in [-0.4, -0.2) is 20.6 Å².